The van der Waals surface area contributed by atoms with E-state index < -0.39 is 22.8 Å². The fraction of sp³-hybridized carbons (Fsp3) is 0.0870. The molecule has 31 heavy (non-hydrogen) atoms. The summed E-state index contributed by atoms with van der Waals surface area (Å²) < 4.78 is 16.8. The number of aromatic carboxylic acids is 1. The first-order valence-electron chi connectivity index (χ1n) is 9.61. The van der Waals surface area contributed by atoms with Crippen LogP contribution in [0.4, 0.5) is 10.1 Å². The number of para-hydroxylation sites is 1. The van der Waals surface area contributed by atoms with Crippen molar-refractivity contribution in [2.75, 3.05) is 11.9 Å². The molecular weight excluding hydrogens is 417 g/mol. The topological polar surface area (TPSA) is 84.2 Å². The smallest absolute Gasteiger partial charge is 0.341 e. The van der Waals surface area contributed by atoms with Gasteiger partial charge in [-0.1, -0.05) is 30.0 Å². The first kappa shape index (κ1) is 19.3. The number of nitrogens with zero attached hydrogens (tertiary/aromatic N) is 2. The molecule has 154 valence electrons. The van der Waals surface area contributed by atoms with Crippen LogP contribution in [0.2, 0.25) is 0 Å². The number of nitrogens with one attached hydrogen (secondary N) is 1. The summed E-state index contributed by atoms with van der Waals surface area (Å²) in [6.07, 6.45) is 3.63. The predicted octanol–water partition coefficient (Wildman–Crippen LogP) is 4.34. The van der Waals surface area contributed by atoms with Gasteiger partial charge in [-0.15, -0.1) is 0 Å². The fourth-order valence-corrected chi connectivity index (χ4v) is 4.96. The maximum absolute atomic E-state index is 15.2. The lowest BCUT2D eigenvalue weighted by molar-refractivity contribution is 0.0695. The maximum Gasteiger partial charge on any atom is 0.341 e. The standard InChI is InChI=1S/C23H16FN3O3S/c24-16-11-14-20-22(19(16)26-10-8-13-5-3-4-9-25-13)31-18-7-2-1-6-17(18)27(20)12-15(21(14)28)23(29)30/h1-7,9,11-12,26H,8,10H2,(H,29,30). The number of benzene rings is 2. The molecule has 0 aliphatic carbocycles. The molecular formula is C23H16FN3O3S. The van der Waals surface area contributed by atoms with E-state index >= 15 is 4.39 Å². The van der Waals surface area contributed by atoms with Gasteiger partial charge in [0.25, 0.3) is 0 Å². The Labute approximate surface area is 180 Å². The molecule has 0 bridgehead atoms. The quantitative estimate of drug-likeness (QED) is 0.429. The molecule has 3 heterocycles. The highest BCUT2D eigenvalue weighted by atomic mass is 32.2. The lowest BCUT2D eigenvalue weighted by Gasteiger charge is -2.25. The molecule has 0 radical (unpaired) electrons. The Hall–Kier alpha value is -3.65. The number of fused-ring (bicyclic) bond motifs is 2. The third kappa shape index (κ3) is 3.25. The second-order valence-corrected chi connectivity index (χ2v) is 8.13. The van der Waals surface area contributed by atoms with Gasteiger partial charge in [0, 0.05) is 35.9 Å². The summed E-state index contributed by atoms with van der Waals surface area (Å²) >= 11 is 1.36. The Balaban J connectivity index is 1.68. The van der Waals surface area contributed by atoms with E-state index in [2.05, 4.69) is 10.3 Å². The molecule has 0 saturated heterocycles. The minimum absolute atomic E-state index is 0.0460. The monoisotopic (exact) mass is 433 g/mol. The summed E-state index contributed by atoms with van der Waals surface area (Å²) in [5.41, 5.74) is 1.33. The molecule has 2 N–H and O–H groups in total. The third-order valence-corrected chi connectivity index (χ3v) is 6.34. The summed E-state index contributed by atoms with van der Waals surface area (Å²) in [5.74, 6) is -1.94. The highest BCUT2D eigenvalue weighted by Gasteiger charge is 2.27. The molecule has 0 atom stereocenters. The molecule has 6 nitrogen and oxygen atoms in total. The second kappa shape index (κ2) is 7.55. The lowest BCUT2D eigenvalue weighted by Crippen LogP contribution is -2.21. The lowest BCUT2D eigenvalue weighted by atomic mass is 10.1. The van der Waals surface area contributed by atoms with Crippen LogP contribution in [0, 0.1) is 5.82 Å². The Bertz CT molecular complexity index is 1400. The Morgan fingerprint density at radius 3 is 2.77 bits per heavy atom. The second-order valence-electron chi connectivity index (χ2n) is 7.07. The van der Waals surface area contributed by atoms with Crippen LogP contribution in [0.3, 0.4) is 0 Å². The Morgan fingerprint density at radius 2 is 2.00 bits per heavy atom. The van der Waals surface area contributed by atoms with Gasteiger partial charge in [-0.05, 0) is 30.3 Å². The minimum Gasteiger partial charge on any atom is -0.477 e. The van der Waals surface area contributed by atoms with Crippen molar-refractivity contribution in [3.05, 3.63) is 88.2 Å². The Kier molecular flexibility index (Phi) is 4.71. The number of hydrogen-bond acceptors (Lipinski definition) is 5. The first-order valence-corrected chi connectivity index (χ1v) is 10.4. The zero-order valence-corrected chi connectivity index (χ0v) is 16.9. The normalized spacial score (nSPS) is 11.9. The van der Waals surface area contributed by atoms with Crippen LogP contribution >= 0.6 is 11.8 Å². The molecule has 8 heteroatoms. The SMILES string of the molecule is O=C(O)c1cn2c3c(c(NCCc4ccccn4)c(F)cc3c1=O)Sc1ccccc1-2. The van der Waals surface area contributed by atoms with Gasteiger partial charge >= 0.3 is 5.97 Å². The molecule has 0 amide bonds. The van der Waals surface area contributed by atoms with Gasteiger partial charge in [0.2, 0.25) is 5.43 Å². The highest BCUT2D eigenvalue weighted by molar-refractivity contribution is 8.00. The van der Waals surface area contributed by atoms with Crippen LogP contribution < -0.4 is 10.7 Å². The number of halogens is 1. The third-order valence-electron chi connectivity index (χ3n) is 5.17. The number of carboxylic acid groups (broad SMARTS) is 1. The van der Waals surface area contributed by atoms with E-state index in [1.54, 1.807) is 10.8 Å². The molecule has 0 saturated carbocycles. The molecule has 2 aromatic carbocycles. The van der Waals surface area contributed by atoms with Crippen molar-refractivity contribution in [2.45, 2.75) is 16.2 Å². The van der Waals surface area contributed by atoms with Gasteiger partial charge in [-0.3, -0.25) is 9.78 Å². The summed E-state index contributed by atoms with van der Waals surface area (Å²) in [7, 11) is 0. The van der Waals surface area contributed by atoms with Crippen molar-refractivity contribution >= 4 is 34.3 Å². The molecule has 2 aromatic heterocycles. The average Bonchev–Trinajstić information content (AvgIpc) is 2.77. The van der Waals surface area contributed by atoms with Crippen LogP contribution in [-0.4, -0.2) is 27.2 Å². The largest absolute Gasteiger partial charge is 0.477 e. The fourth-order valence-electron chi connectivity index (χ4n) is 3.75. The van der Waals surface area contributed by atoms with Gasteiger partial charge in [0.1, 0.15) is 11.4 Å². The van der Waals surface area contributed by atoms with Crippen molar-refractivity contribution < 1.29 is 14.3 Å². The number of pyridine rings is 2. The van der Waals surface area contributed by atoms with Crippen LogP contribution in [0.15, 0.2) is 75.5 Å². The van der Waals surface area contributed by atoms with Gasteiger partial charge in [-0.25, -0.2) is 9.18 Å². The van der Waals surface area contributed by atoms with Gasteiger partial charge < -0.3 is 15.0 Å². The van der Waals surface area contributed by atoms with Crippen molar-refractivity contribution in [2.24, 2.45) is 0 Å². The summed E-state index contributed by atoms with van der Waals surface area (Å²) in [5, 5.41) is 12.7. The van der Waals surface area contributed by atoms with E-state index in [0.29, 0.717) is 29.1 Å². The van der Waals surface area contributed by atoms with Gasteiger partial charge in [-0.2, -0.15) is 0 Å². The van der Waals surface area contributed by atoms with Crippen LogP contribution in [0.5, 0.6) is 0 Å². The molecule has 1 aliphatic heterocycles. The number of hydrogen-bond donors (Lipinski definition) is 2. The summed E-state index contributed by atoms with van der Waals surface area (Å²) in [6.45, 7) is 0.450. The summed E-state index contributed by atoms with van der Waals surface area (Å²) in [6, 6.07) is 14.2. The van der Waals surface area contributed by atoms with E-state index in [1.807, 2.05) is 42.5 Å². The number of carbonyl (C=O) groups is 1. The van der Waals surface area contributed by atoms with E-state index in [0.717, 1.165) is 22.3 Å². The zero-order valence-electron chi connectivity index (χ0n) is 16.1. The summed E-state index contributed by atoms with van der Waals surface area (Å²) in [4.78, 5) is 30.1. The van der Waals surface area contributed by atoms with E-state index in [1.165, 1.54) is 18.0 Å². The van der Waals surface area contributed by atoms with Gasteiger partial charge in [0.05, 0.1) is 27.2 Å². The number of carboxylic acids is 1. The molecule has 0 spiro atoms. The van der Waals surface area contributed by atoms with Gasteiger partial charge in [0.15, 0.2) is 0 Å². The maximum atomic E-state index is 15.2. The van der Waals surface area contributed by atoms with Crippen molar-refractivity contribution in [3.8, 4) is 5.69 Å². The first-order chi connectivity index (χ1) is 15.0. The van der Waals surface area contributed by atoms with E-state index in [-0.39, 0.29) is 5.39 Å². The molecule has 4 aromatic rings. The number of anilines is 1. The molecule has 1 aliphatic rings. The predicted molar refractivity (Wildman–Crippen MR) is 117 cm³/mol. The van der Waals surface area contributed by atoms with Crippen molar-refractivity contribution in [3.63, 3.8) is 0 Å². The van der Waals surface area contributed by atoms with E-state index in [4.69, 9.17) is 0 Å². The van der Waals surface area contributed by atoms with Crippen molar-refractivity contribution in [1.29, 1.82) is 0 Å². The van der Waals surface area contributed by atoms with Crippen LogP contribution in [-0.2, 0) is 6.42 Å². The van der Waals surface area contributed by atoms with Crippen LogP contribution in [0.1, 0.15) is 16.1 Å². The molecule has 5 rings (SSSR count). The highest BCUT2D eigenvalue weighted by Crippen LogP contribution is 2.46. The Morgan fingerprint density at radius 1 is 1.19 bits per heavy atom. The molecule has 0 fully saturated rings. The number of rotatable bonds is 5. The average molecular weight is 433 g/mol. The van der Waals surface area contributed by atoms with E-state index in [9.17, 15) is 14.7 Å². The molecule has 0 unspecified atom stereocenters. The number of aromatic nitrogens is 2. The van der Waals surface area contributed by atoms with Crippen molar-refractivity contribution in [1.82, 2.24) is 9.55 Å². The zero-order chi connectivity index (χ0) is 21.5. The minimum atomic E-state index is -1.34. The van der Waals surface area contributed by atoms with Crippen LogP contribution in [0.25, 0.3) is 16.6 Å².